The number of aromatic amines is 1. The molecule has 5 nitrogen and oxygen atoms in total. The van der Waals surface area contributed by atoms with Gasteiger partial charge in [0.25, 0.3) is 0 Å². The van der Waals surface area contributed by atoms with Crippen molar-refractivity contribution in [1.29, 1.82) is 10.8 Å². The lowest BCUT2D eigenvalue weighted by Crippen LogP contribution is -2.35. The van der Waals surface area contributed by atoms with E-state index in [1.807, 2.05) is 0 Å². The molecule has 1 aromatic rings. The summed E-state index contributed by atoms with van der Waals surface area (Å²) >= 11 is 5.90. The zero-order chi connectivity index (χ0) is 17.7. The van der Waals surface area contributed by atoms with E-state index in [0.29, 0.717) is 0 Å². The molecule has 0 aliphatic heterocycles. The van der Waals surface area contributed by atoms with Gasteiger partial charge in [-0.3, -0.25) is 15.6 Å². The molecule has 122 valence electrons. The number of likely N-dealkylation sites (N-methyl/N-ethyl adjacent to an activating group) is 1. The topological polar surface area (TPSA) is 83.8 Å². The summed E-state index contributed by atoms with van der Waals surface area (Å²) in [6, 6.07) is 1.06. The molecular weight excluding hydrogens is 326 g/mol. The largest absolute Gasteiger partial charge is 0.328 e. The Morgan fingerprint density at radius 3 is 2.57 bits per heavy atom. The highest BCUT2D eigenvalue weighted by molar-refractivity contribution is 6.34. The Hall–Kier alpha value is -2.54. The molecule has 0 unspecified atom stereocenters. The number of aromatic nitrogens is 1. The van der Waals surface area contributed by atoms with E-state index >= 15 is 0 Å². The number of pyridine rings is 1. The SMILES string of the molecule is C=C/C(F)=C(C(=N)N(C)C(=N)c1cc(=O)[nH]cc1Cl)\C(F)=C/C. The van der Waals surface area contributed by atoms with E-state index in [1.54, 1.807) is 0 Å². The van der Waals surface area contributed by atoms with E-state index in [0.717, 1.165) is 23.1 Å². The van der Waals surface area contributed by atoms with Crippen LogP contribution < -0.4 is 5.56 Å². The van der Waals surface area contributed by atoms with Gasteiger partial charge in [0.2, 0.25) is 5.56 Å². The molecule has 0 saturated carbocycles. The predicted octanol–water partition coefficient (Wildman–Crippen LogP) is 3.55. The normalized spacial score (nSPS) is 12.5. The highest BCUT2D eigenvalue weighted by atomic mass is 35.5. The lowest BCUT2D eigenvalue weighted by atomic mass is 10.1. The summed E-state index contributed by atoms with van der Waals surface area (Å²) in [6.45, 7) is 4.55. The molecule has 0 saturated heterocycles. The second kappa shape index (κ2) is 7.64. The first-order valence-corrected chi connectivity index (χ1v) is 6.76. The van der Waals surface area contributed by atoms with Crippen LogP contribution in [0.4, 0.5) is 8.78 Å². The number of rotatable bonds is 4. The van der Waals surface area contributed by atoms with Gasteiger partial charge in [0.05, 0.1) is 10.6 Å². The number of hydrogen-bond acceptors (Lipinski definition) is 3. The fraction of sp³-hybridized carbons (Fsp3) is 0.133. The van der Waals surface area contributed by atoms with Gasteiger partial charge in [-0.2, -0.15) is 0 Å². The number of nitrogens with zero attached hydrogens (tertiary/aromatic N) is 1. The second-order valence-corrected chi connectivity index (χ2v) is 4.79. The molecule has 0 fully saturated rings. The van der Waals surface area contributed by atoms with Crippen LogP contribution in [0.2, 0.25) is 5.02 Å². The highest BCUT2D eigenvalue weighted by Crippen LogP contribution is 2.22. The maximum absolute atomic E-state index is 13.9. The first-order chi connectivity index (χ1) is 10.7. The maximum atomic E-state index is 13.9. The fourth-order valence-electron chi connectivity index (χ4n) is 1.68. The van der Waals surface area contributed by atoms with Gasteiger partial charge < -0.3 is 9.88 Å². The number of allylic oxidation sites excluding steroid dienone is 3. The van der Waals surface area contributed by atoms with E-state index in [-0.39, 0.29) is 16.4 Å². The average Bonchev–Trinajstić information content (AvgIpc) is 2.55. The van der Waals surface area contributed by atoms with Crippen molar-refractivity contribution in [1.82, 2.24) is 9.88 Å². The minimum Gasteiger partial charge on any atom is -0.328 e. The molecule has 1 heterocycles. The monoisotopic (exact) mass is 340 g/mol. The molecule has 0 bridgehead atoms. The van der Waals surface area contributed by atoms with Crippen LogP contribution in [0.25, 0.3) is 0 Å². The Kier molecular flexibility index (Phi) is 6.15. The summed E-state index contributed by atoms with van der Waals surface area (Å²) in [4.78, 5) is 14.6. The van der Waals surface area contributed by atoms with Gasteiger partial charge in [-0.25, -0.2) is 8.78 Å². The zero-order valence-electron chi connectivity index (χ0n) is 12.5. The quantitative estimate of drug-likeness (QED) is 0.445. The van der Waals surface area contributed by atoms with Crippen LogP contribution in [-0.4, -0.2) is 28.6 Å². The summed E-state index contributed by atoms with van der Waals surface area (Å²) in [5.74, 6) is -2.98. The Bertz CT molecular complexity index is 780. The number of amidine groups is 2. The van der Waals surface area contributed by atoms with Gasteiger partial charge in [0, 0.05) is 24.9 Å². The van der Waals surface area contributed by atoms with E-state index in [2.05, 4.69) is 11.6 Å². The molecule has 8 heteroatoms. The van der Waals surface area contributed by atoms with Crippen molar-refractivity contribution in [2.45, 2.75) is 6.92 Å². The molecule has 0 amide bonds. The van der Waals surface area contributed by atoms with Gasteiger partial charge in [-0.15, -0.1) is 0 Å². The number of H-pyrrole nitrogens is 1. The minimum absolute atomic E-state index is 0.0296. The summed E-state index contributed by atoms with van der Waals surface area (Å²) < 4.78 is 27.7. The molecule has 23 heavy (non-hydrogen) atoms. The van der Waals surface area contributed by atoms with Gasteiger partial charge in [-0.05, 0) is 13.0 Å². The van der Waals surface area contributed by atoms with E-state index in [4.69, 9.17) is 22.4 Å². The van der Waals surface area contributed by atoms with Crippen molar-refractivity contribution in [3.8, 4) is 0 Å². The second-order valence-electron chi connectivity index (χ2n) is 4.38. The third kappa shape index (κ3) is 4.01. The number of hydrogen-bond donors (Lipinski definition) is 3. The van der Waals surface area contributed by atoms with Crippen molar-refractivity contribution in [2.75, 3.05) is 7.05 Å². The lowest BCUT2D eigenvalue weighted by molar-refractivity contribution is 0.610. The van der Waals surface area contributed by atoms with Crippen LogP contribution in [0, 0.1) is 10.8 Å². The van der Waals surface area contributed by atoms with Crippen LogP contribution in [0.3, 0.4) is 0 Å². The molecule has 1 rings (SSSR count). The van der Waals surface area contributed by atoms with Crippen LogP contribution in [-0.2, 0) is 0 Å². The fourth-order valence-corrected chi connectivity index (χ4v) is 1.88. The van der Waals surface area contributed by atoms with E-state index in [1.165, 1.54) is 20.2 Å². The Morgan fingerprint density at radius 1 is 1.43 bits per heavy atom. The van der Waals surface area contributed by atoms with Crippen LogP contribution >= 0.6 is 11.6 Å². The first-order valence-electron chi connectivity index (χ1n) is 6.38. The van der Waals surface area contributed by atoms with E-state index < -0.39 is 28.6 Å². The lowest BCUT2D eigenvalue weighted by Gasteiger charge is -2.22. The van der Waals surface area contributed by atoms with Gasteiger partial charge in [-0.1, -0.05) is 24.3 Å². The summed E-state index contributed by atoms with van der Waals surface area (Å²) in [5.41, 5.74) is -1.11. The van der Waals surface area contributed by atoms with Crippen LogP contribution in [0.15, 0.2) is 53.0 Å². The number of nitrogens with one attached hydrogen (secondary N) is 3. The van der Waals surface area contributed by atoms with Crippen LogP contribution in [0.5, 0.6) is 0 Å². The summed E-state index contributed by atoms with van der Waals surface area (Å²) in [5, 5.41) is 16.0. The van der Waals surface area contributed by atoms with E-state index in [9.17, 15) is 13.6 Å². The van der Waals surface area contributed by atoms with Crippen molar-refractivity contribution in [2.24, 2.45) is 0 Å². The first kappa shape index (κ1) is 18.5. The van der Waals surface area contributed by atoms with Gasteiger partial charge >= 0.3 is 0 Å². The zero-order valence-corrected chi connectivity index (χ0v) is 13.3. The smallest absolute Gasteiger partial charge is 0.248 e. The molecule has 0 radical (unpaired) electrons. The van der Waals surface area contributed by atoms with Crippen molar-refractivity contribution >= 4 is 23.3 Å². The van der Waals surface area contributed by atoms with Crippen molar-refractivity contribution < 1.29 is 8.78 Å². The molecule has 1 aromatic heterocycles. The third-order valence-electron chi connectivity index (χ3n) is 2.95. The summed E-state index contributed by atoms with van der Waals surface area (Å²) in [6.07, 6.45) is 2.95. The molecule has 3 N–H and O–H groups in total. The molecule has 0 atom stereocenters. The Balaban J connectivity index is 3.31. The molecule has 0 aliphatic rings. The maximum Gasteiger partial charge on any atom is 0.248 e. The van der Waals surface area contributed by atoms with Gasteiger partial charge in [0.15, 0.2) is 0 Å². The third-order valence-corrected chi connectivity index (χ3v) is 3.26. The van der Waals surface area contributed by atoms with Gasteiger partial charge in [0.1, 0.15) is 23.3 Å². The average molecular weight is 341 g/mol. The molecular formula is C15H15ClF2N4O. The Morgan fingerprint density at radius 2 is 2.04 bits per heavy atom. The van der Waals surface area contributed by atoms with Crippen molar-refractivity contribution in [3.63, 3.8) is 0 Å². The standard InChI is InChI=1S/C15H15ClF2N4O/c1-4-10(17)13(11(18)5-2)15(20)22(3)14(19)8-6-12(23)21-7-9(8)16/h4-7,19-20H,1H2,2-3H3,(H,21,23)/b11-5+,13-10-,19-14?,20-15?. The predicted molar refractivity (Wildman–Crippen MR) is 87.6 cm³/mol. The van der Waals surface area contributed by atoms with Crippen molar-refractivity contribution in [3.05, 3.63) is 69.2 Å². The molecule has 0 aliphatic carbocycles. The van der Waals surface area contributed by atoms with Crippen LogP contribution in [0.1, 0.15) is 12.5 Å². The highest BCUT2D eigenvalue weighted by Gasteiger charge is 2.23. The number of halogens is 3. The molecule has 0 aromatic carbocycles. The summed E-state index contributed by atoms with van der Waals surface area (Å²) in [7, 11) is 1.27. The molecule has 0 spiro atoms. The Labute approximate surface area is 136 Å². The minimum atomic E-state index is -1.04.